The van der Waals surface area contributed by atoms with Crippen LogP contribution in [0.15, 0.2) is 18.2 Å². The molecular weight excluding hydrogens is 228 g/mol. The number of rotatable bonds is 4. The normalized spacial score (nSPS) is 14.8. The number of carbonyl (C=O) groups is 1. The number of hydrogen-bond donors (Lipinski definition) is 1. The summed E-state index contributed by atoms with van der Waals surface area (Å²) in [5, 5.41) is 17.6. The van der Waals surface area contributed by atoms with Gasteiger partial charge in [-0.1, -0.05) is 12.1 Å². The minimum atomic E-state index is -0.843. The third-order valence-electron chi connectivity index (χ3n) is 3.34. The van der Waals surface area contributed by atoms with E-state index >= 15 is 0 Å². The van der Waals surface area contributed by atoms with Gasteiger partial charge in [0.15, 0.2) is 0 Å². The van der Waals surface area contributed by atoms with Crippen LogP contribution in [0.2, 0.25) is 0 Å². The zero-order valence-corrected chi connectivity index (χ0v) is 10.2. The van der Waals surface area contributed by atoms with Crippen LogP contribution < -0.4 is 0 Å². The maximum Gasteiger partial charge on any atom is 0.335 e. The van der Waals surface area contributed by atoms with Crippen molar-refractivity contribution < 1.29 is 9.90 Å². The van der Waals surface area contributed by atoms with Gasteiger partial charge < -0.3 is 5.11 Å². The number of benzene rings is 1. The molecular formula is C14H16N2O2. The Kier molecular flexibility index (Phi) is 3.96. The molecule has 0 saturated carbocycles. The largest absolute Gasteiger partial charge is 0.478 e. The molecule has 1 aliphatic heterocycles. The first-order chi connectivity index (χ1) is 8.72. The topological polar surface area (TPSA) is 64.3 Å². The Labute approximate surface area is 106 Å². The fourth-order valence-corrected chi connectivity index (χ4v) is 2.44. The van der Waals surface area contributed by atoms with Crippen molar-refractivity contribution in [3.63, 3.8) is 0 Å². The highest BCUT2D eigenvalue weighted by Gasteiger charge is 2.20. The predicted molar refractivity (Wildman–Crippen MR) is 67.2 cm³/mol. The van der Waals surface area contributed by atoms with Crippen LogP contribution in [0.4, 0.5) is 0 Å². The van der Waals surface area contributed by atoms with Crippen molar-refractivity contribution >= 4 is 5.97 Å². The Balaban J connectivity index is 2.09. The minimum absolute atomic E-state index is 0.434. The highest BCUT2D eigenvalue weighted by Crippen LogP contribution is 2.22. The highest BCUT2D eigenvalue weighted by atomic mass is 16.4. The van der Waals surface area contributed by atoms with Gasteiger partial charge in [0.25, 0.3) is 0 Å². The average molecular weight is 244 g/mol. The van der Waals surface area contributed by atoms with Crippen LogP contribution in [0.5, 0.6) is 0 Å². The van der Waals surface area contributed by atoms with Gasteiger partial charge in [-0.2, -0.15) is 5.26 Å². The molecule has 4 nitrogen and oxygen atoms in total. The van der Waals surface area contributed by atoms with Crippen molar-refractivity contribution in [2.24, 2.45) is 0 Å². The van der Waals surface area contributed by atoms with Crippen LogP contribution in [-0.4, -0.2) is 29.1 Å². The summed E-state index contributed by atoms with van der Waals surface area (Å²) >= 11 is 0. The minimum Gasteiger partial charge on any atom is -0.478 e. The summed E-state index contributed by atoms with van der Waals surface area (Å²) in [7, 11) is 0. The van der Waals surface area contributed by atoms with E-state index in [4.69, 9.17) is 10.4 Å². The highest BCUT2D eigenvalue weighted by molar-refractivity contribution is 5.89. The molecule has 0 fully saturated rings. The summed E-state index contributed by atoms with van der Waals surface area (Å²) in [6, 6.07) is 7.62. The second kappa shape index (κ2) is 5.65. The number of carboxylic acids is 1. The van der Waals surface area contributed by atoms with Crippen molar-refractivity contribution in [1.82, 2.24) is 4.90 Å². The molecule has 0 spiro atoms. The van der Waals surface area contributed by atoms with Crippen LogP contribution >= 0.6 is 0 Å². The van der Waals surface area contributed by atoms with Crippen LogP contribution in [0, 0.1) is 11.3 Å². The standard InChI is InChI=1S/C14H16N2O2/c15-7-1-2-8-16-9-6-12-11(10-16)4-3-5-13(12)14(17)18/h3-5H,1-2,6,8-10H2,(H,17,18). The van der Waals surface area contributed by atoms with Gasteiger partial charge in [0, 0.05) is 19.5 Å². The van der Waals surface area contributed by atoms with E-state index in [0.29, 0.717) is 12.0 Å². The van der Waals surface area contributed by atoms with Gasteiger partial charge >= 0.3 is 5.97 Å². The van der Waals surface area contributed by atoms with E-state index in [0.717, 1.165) is 43.6 Å². The number of aromatic carboxylic acids is 1. The van der Waals surface area contributed by atoms with Crippen LogP contribution in [0.1, 0.15) is 34.3 Å². The number of nitriles is 1. The molecule has 1 N–H and O–H groups in total. The molecule has 2 rings (SSSR count). The SMILES string of the molecule is N#CCCCN1CCc2c(cccc2C(=O)O)C1. The number of unbranched alkanes of at least 4 members (excludes halogenated alkanes) is 1. The van der Waals surface area contributed by atoms with Crippen LogP contribution in [0.3, 0.4) is 0 Å². The van der Waals surface area contributed by atoms with E-state index in [1.165, 1.54) is 0 Å². The lowest BCUT2D eigenvalue weighted by Gasteiger charge is -2.29. The molecule has 0 aromatic heterocycles. The summed E-state index contributed by atoms with van der Waals surface area (Å²) in [4.78, 5) is 13.4. The maximum absolute atomic E-state index is 11.1. The second-order valence-electron chi connectivity index (χ2n) is 4.54. The summed E-state index contributed by atoms with van der Waals surface area (Å²) in [6.45, 7) is 2.58. The molecule has 1 aliphatic rings. The zero-order chi connectivity index (χ0) is 13.0. The Morgan fingerprint density at radius 1 is 1.50 bits per heavy atom. The van der Waals surface area contributed by atoms with Crippen LogP contribution in [-0.2, 0) is 13.0 Å². The molecule has 18 heavy (non-hydrogen) atoms. The molecule has 0 saturated heterocycles. The Bertz CT molecular complexity index is 491. The van der Waals surface area contributed by atoms with Gasteiger partial charge in [0.1, 0.15) is 0 Å². The first-order valence-electron chi connectivity index (χ1n) is 6.15. The first-order valence-corrected chi connectivity index (χ1v) is 6.15. The average Bonchev–Trinajstić information content (AvgIpc) is 2.38. The number of fused-ring (bicyclic) bond motifs is 1. The van der Waals surface area contributed by atoms with E-state index in [1.54, 1.807) is 12.1 Å². The number of carboxylic acid groups (broad SMARTS) is 1. The molecule has 1 aromatic rings. The van der Waals surface area contributed by atoms with Gasteiger partial charge in [-0.05, 0) is 36.6 Å². The van der Waals surface area contributed by atoms with E-state index in [-0.39, 0.29) is 0 Å². The van der Waals surface area contributed by atoms with Gasteiger partial charge in [-0.15, -0.1) is 0 Å². The summed E-state index contributed by atoms with van der Waals surface area (Å²) < 4.78 is 0. The fraction of sp³-hybridized carbons (Fsp3) is 0.429. The summed E-state index contributed by atoms with van der Waals surface area (Å²) in [6.07, 6.45) is 2.24. The maximum atomic E-state index is 11.1. The van der Waals surface area contributed by atoms with Gasteiger partial charge in [-0.25, -0.2) is 4.79 Å². The lowest BCUT2D eigenvalue weighted by atomic mass is 9.94. The molecule has 4 heteroatoms. The van der Waals surface area contributed by atoms with Crippen molar-refractivity contribution in [3.05, 3.63) is 34.9 Å². The molecule has 1 aromatic carbocycles. The zero-order valence-electron chi connectivity index (χ0n) is 10.2. The smallest absolute Gasteiger partial charge is 0.335 e. The van der Waals surface area contributed by atoms with Gasteiger partial charge in [0.05, 0.1) is 11.6 Å². The Morgan fingerprint density at radius 3 is 3.06 bits per heavy atom. The summed E-state index contributed by atoms with van der Waals surface area (Å²) in [5.41, 5.74) is 2.52. The van der Waals surface area contributed by atoms with Crippen molar-refractivity contribution in [1.29, 1.82) is 5.26 Å². The molecule has 1 heterocycles. The predicted octanol–water partition coefficient (Wildman–Crippen LogP) is 2.05. The quantitative estimate of drug-likeness (QED) is 0.823. The molecule has 0 atom stereocenters. The van der Waals surface area contributed by atoms with Crippen LogP contribution in [0.25, 0.3) is 0 Å². The molecule has 0 unspecified atom stereocenters. The third kappa shape index (κ3) is 2.69. The molecule has 94 valence electrons. The Hall–Kier alpha value is -1.86. The lowest BCUT2D eigenvalue weighted by Crippen LogP contribution is -2.32. The van der Waals surface area contributed by atoms with E-state index in [9.17, 15) is 4.79 Å². The van der Waals surface area contributed by atoms with Crippen molar-refractivity contribution in [3.8, 4) is 6.07 Å². The summed E-state index contributed by atoms with van der Waals surface area (Å²) in [5.74, 6) is -0.843. The third-order valence-corrected chi connectivity index (χ3v) is 3.34. The van der Waals surface area contributed by atoms with E-state index < -0.39 is 5.97 Å². The number of hydrogen-bond acceptors (Lipinski definition) is 3. The van der Waals surface area contributed by atoms with Gasteiger partial charge in [0.2, 0.25) is 0 Å². The second-order valence-corrected chi connectivity index (χ2v) is 4.54. The van der Waals surface area contributed by atoms with E-state index in [2.05, 4.69) is 11.0 Å². The molecule has 0 amide bonds. The fourth-order valence-electron chi connectivity index (χ4n) is 2.44. The van der Waals surface area contributed by atoms with Crippen molar-refractivity contribution in [2.45, 2.75) is 25.8 Å². The Morgan fingerprint density at radius 2 is 2.33 bits per heavy atom. The molecule has 0 radical (unpaired) electrons. The van der Waals surface area contributed by atoms with Crippen molar-refractivity contribution in [2.75, 3.05) is 13.1 Å². The first kappa shape index (κ1) is 12.6. The van der Waals surface area contributed by atoms with E-state index in [1.807, 2.05) is 6.07 Å². The number of nitrogens with zero attached hydrogens (tertiary/aromatic N) is 2. The monoisotopic (exact) mass is 244 g/mol. The van der Waals surface area contributed by atoms with Gasteiger partial charge in [-0.3, -0.25) is 4.90 Å². The molecule has 0 bridgehead atoms. The molecule has 0 aliphatic carbocycles. The lowest BCUT2D eigenvalue weighted by molar-refractivity contribution is 0.0694.